The van der Waals surface area contributed by atoms with Gasteiger partial charge in [-0.05, 0) is 82.7 Å². The number of benzene rings is 8. The molecular formula is C44H32N2. The molecule has 0 radical (unpaired) electrons. The molecule has 1 heterocycles. The van der Waals surface area contributed by atoms with Crippen molar-refractivity contribution in [1.29, 1.82) is 0 Å². The normalized spacial score (nSPS) is 11.3. The highest BCUT2D eigenvalue weighted by molar-refractivity contribution is 6.21. The first-order chi connectivity index (χ1) is 22.8. The van der Waals surface area contributed by atoms with E-state index in [1.54, 1.807) is 0 Å². The van der Waals surface area contributed by atoms with Crippen LogP contribution >= 0.6 is 0 Å². The Labute approximate surface area is 268 Å². The Morgan fingerprint density at radius 1 is 0.348 bits per heavy atom. The van der Waals surface area contributed by atoms with Crippen molar-refractivity contribution in [3.63, 3.8) is 0 Å². The third-order valence-electron chi connectivity index (χ3n) is 8.92. The Kier molecular flexibility index (Phi) is 6.96. The maximum absolute atomic E-state index is 5.03. The zero-order valence-corrected chi connectivity index (χ0v) is 25.9. The molecule has 0 aliphatic heterocycles. The summed E-state index contributed by atoms with van der Waals surface area (Å²) in [6.45, 7) is 4.00. The molecule has 8 aromatic carbocycles. The van der Waals surface area contributed by atoms with Crippen molar-refractivity contribution in [2.24, 2.45) is 0 Å². The summed E-state index contributed by atoms with van der Waals surface area (Å²) >= 11 is 0. The molecule has 0 saturated heterocycles. The first-order valence-corrected chi connectivity index (χ1v) is 16.0. The fourth-order valence-electron chi connectivity index (χ4n) is 6.91. The van der Waals surface area contributed by atoms with Gasteiger partial charge in [0.05, 0.1) is 0 Å². The van der Waals surface area contributed by atoms with Gasteiger partial charge in [0.25, 0.3) is 0 Å². The van der Waals surface area contributed by atoms with Crippen molar-refractivity contribution in [3.05, 3.63) is 158 Å². The molecule has 0 aliphatic rings. The Hall–Kier alpha value is -5.86. The van der Waals surface area contributed by atoms with Gasteiger partial charge < -0.3 is 0 Å². The molecule has 0 saturated carbocycles. The van der Waals surface area contributed by atoms with E-state index in [1.165, 1.54) is 54.2 Å². The largest absolute Gasteiger partial charge is 0.236 e. The average molecular weight is 589 g/mol. The molecule has 0 aliphatic carbocycles. The zero-order chi connectivity index (χ0) is 31.0. The second kappa shape index (κ2) is 11.6. The van der Waals surface area contributed by atoms with Crippen molar-refractivity contribution >= 4 is 53.9 Å². The zero-order valence-electron chi connectivity index (χ0n) is 25.9. The maximum atomic E-state index is 5.03. The summed E-state index contributed by atoms with van der Waals surface area (Å²) in [7, 11) is 0. The van der Waals surface area contributed by atoms with Crippen LogP contribution in [0.5, 0.6) is 0 Å². The number of rotatable bonds is 3. The van der Waals surface area contributed by atoms with Crippen molar-refractivity contribution in [1.82, 2.24) is 9.97 Å². The van der Waals surface area contributed by atoms with Crippen LogP contribution in [0.2, 0.25) is 0 Å². The molecule has 218 valence electrons. The summed E-state index contributed by atoms with van der Waals surface area (Å²) in [5, 5.41) is 12.2. The summed E-state index contributed by atoms with van der Waals surface area (Å²) in [5.74, 6) is 0.734. The van der Waals surface area contributed by atoms with Crippen LogP contribution in [0.1, 0.15) is 13.8 Å². The predicted molar refractivity (Wildman–Crippen MR) is 197 cm³/mol. The second-order valence-electron chi connectivity index (χ2n) is 11.4. The predicted octanol–water partition coefficient (Wildman–Crippen LogP) is 12.3. The monoisotopic (exact) mass is 588 g/mol. The fourth-order valence-corrected chi connectivity index (χ4v) is 6.91. The van der Waals surface area contributed by atoms with Gasteiger partial charge in [0, 0.05) is 23.5 Å². The van der Waals surface area contributed by atoms with E-state index in [4.69, 9.17) is 9.97 Å². The van der Waals surface area contributed by atoms with Crippen molar-refractivity contribution < 1.29 is 0 Å². The maximum Gasteiger partial charge on any atom is 0.160 e. The van der Waals surface area contributed by atoms with Gasteiger partial charge >= 0.3 is 0 Å². The lowest BCUT2D eigenvalue weighted by Gasteiger charge is -2.17. The molecule has 1 aromatic heterocycles. The van der Waals surface area contributed by atoms with Crippen LogP contribution in [0.15, 0.2) is 158 Å². The smallest absolute Gasteiger partial charge is 0.160 e. The van der Waals surface area contributed by atoms with E-state index in [0.717, 1.165) is 33.3 Å². The Morgan fingerprint density at radius 2 is 0.891 bits per heavy atom. The van der Waals surface area contributed by atoms with Crippen LogP contribution in [0.4, 0.5) is 0 Å². The number of nitrogens with zero attached hydrogens (tertiary/aromatic N) is 2. The summed E-state index contributed by atoms with van der Waals surface area (Å²) in [4.78, 5) is 10.1. The van der Waals surface area contributed by atoms with Crippen LogP contribution in [-0.4, -0.2) is 9.97 Å². The van der Waals surface area contributed by atoms with Crippen LogP contribution in [0.25, 0.3) is 87.5 Å². The average Bonchev–Trinajstić information content (AvgIpc) is 3.14. The Balaban J connectivity index is 0.00000153. The summed E-state index contributed by atoms with van der Waals surface area (Å²) in [6, 6.07) is 52.1. The third-order valence-corrected chi connectivity index (χ3v) is 8.92. The van der Waals surface area contributed by atoms with Gasteiger partial charge in [-0.15, -0.1) is 0 Å². The minimum atomic E-state index is 0.734. The van der Waals surface area contributed by atoms with Crippen LogP contribution in [0, 0.1) is 0 Å². The number of aromatic nitrogens is 2. The molecule has 0 unspecified atom stereocenters. The molecule has 9 rings (SSSR count). The SMILES string of the molecule is CC.c1ccc(-c2c3ccccc3c(-c3ncc(-c4cccc5c4ccc4cc6ccccc6cc45)cn3)c3ccccc23)cc1. The van der Waals surface area contributed by atoms with Crippen molar-refractivity contribution in [2.45, 2.75) is 13.8 Å². The van der Waals surface area contributed by atoms with E-state index < -0.39 is 0 Å². The van der Waals surface area contributed by atoms with E-state index in [0.29, 0.717) is 0 Å². The molecule has 0 fully saturated rings. The Bertz CT molecular complexity index is 2470. The lowest BCUT2D eigenvalue weighted by molar-refractivity contribution is 1.19. The third kappa shape index (κ3) is 4.50. The van der Waals surface area contributed by atoms with E-state index in [-0.39, 0.29) is 0 Å². The van der Waals surface area contributed by atoms with Gasteiger partial charge in [0.1, 0.15) is 0 Å². The molecule has 2 heteroatoms. The topological polar surface area (TPSA) is 25.8 Å². The van der Waals surface area contributed by atoms with Gasteiger partial charge in [-0.2, -0.15) is 0 Å². The molecule has 0 spiro atoms. The molecule has 0 bridgehead atoms. The molecule has 0 amide bonds. The number of hydrogen-bond acceptors (Lipinski definition) is 2. The highest BCUT2D eigenvalue weighted by atomic mass is 14.9. The van der Waals surface area contributed by atoms with E-state index in [2.05, 4.69) is 146 Å². The van der Waals surface area contributed by atoms with Gasteiger partial charge in [0.2, 0.25) is 0 Å². The number of fused-ring (bicyclic) bond motifs is 6. The van der Waals surface area contributed by atoms with Crippen molar-refractivity contribution in [3.8, 4) is 33.6 Å². The van der Waals surface area contributed by atoms with Gasteiger partial charge in [-0.3, -0.25) is 0 Å². The van der Waals surface area contributed by atoms with Gasteiger partial charge in [-0.25, -0.2) is 9.97 Å². The Morgan fingerprint density at radius 3 is 1.54 bits per heavy atom. The lowest BCUT2D eigenvalue weighted by Crippen LogP contribution is -1.95. The molecule has 46 heavy (non-hydrogen) atoms. The van der Waals surface area contributed by atoms with Gasteiger partial charge in [0.15, 0.2) is 5.82 Å². The highest BCUT2D eigenvalue weighted by Gasteiger charge is 2.18. The standard InChI is InChI=1S/C42H26N2.C2H6/c1-2-11-27(12-3-1)40-35-15-6-8-17-37(35)41(38-18-9-7-16-36(38)40)42-43-25-31(26-44-42)32-19-10-20-33-34(32)22-21-30-23-28-13-4-5-14-29(28)24-39(30)33;1-2/h1-26H;1-2H3. The molecule has 0 atom stereocenters. The summed E-state index contributed by atoms with van der Waals surface area (Å²) in [5.41, 5.74) is 5.66. The van der Waals surface area contributed by atoms with E-state index in [1.807, 2.05) is 26.2 Å². The van der Waals surface area contributed by atoms with Crippen molar-refractivity contribution in [2.75, 3.05) is 0 Å². The van der Waals surface area contributed by atoms with Crippen LogP contribution in [-0.2, 0) is 0 Å². The van der Waals surface area contributed by atoms with Crippen LogP contribution < -0.4 is 0 Å². The first kappa shape index (κ1) is 27.7. The number of hydrogen-bond donors (Lipinski definition) is 0. The highest BCUT2D eigenvalue weighted by Crippen LogP contribution is 2.43. The fraction of sp³-hybridized carbons (Fsp3) is 0.0455. The van der Waals surface area contributed by atoms with E-state index in [9.17, 15) is 0 Å². The lowest BCUT2D eigenvalue weighted by atomic mass is 9.88. The summed E-state index contributed by atoms with van der Waals surface area (Å²) in [6.07, 6.45) is 3.96. The quantitative estimate of drug-likeness (QED) is 0.152. The minimum absolute atomic E-state index is 0.734. The summed E-state index contributed by atoms with van der Waals surface area (Å²) < 4.78 is 0. The molecule has 2 nitrogen and oxygen atoms in total. The van der Waals surface area contributed by atoms with Gasteiger partial charge in [-0.1, -0.05) is 147 Å². The van der Waals surface area contributed by atoms with E-state index >= 15 is 0 Å². The molecular weight excluding hydrogens is 556 g/mol. The second-order valence-corrected chi connectivity index (χ2v) is 11.4. The molecule has 9 aromatic rings. The molecule has 0 N–H and O–H groups in total. The minimum Gasteiger partial charge on any atom is -0.236 e. The van der Waals surface area contributed by atoms with Crippen LogP contribution in [0.3, 0.4) is 0 Å². The first-order valence-electron chi connectivity index (χ1n) is 16.0.